The minimum Gasteiger partial charge on any atom is -0.465 e. The molecule has 1 amide bonds. The van der Waals surface area contributed by atoms with Crippen molar-refractivity contribution >= 4 is 38.2 Å². The molecule has 8 nitrogen and oxygen atoms in total. The van der Waals surface area contributed by atoms with E-state index in [9.17, 15) is 18.0 Å². The van der Waals surface area contributed by atoms with Crippen molar-refractivity contribution in [2.45, 2.75) is 31.0 Å². The second kappa shape index (κ2) is 8.62. The van der Waals surface area contributed by atoms with Crippen molar-refractivity contribution in [3.05, 3.63) is 46.8 Å². The molecule has 1 aliphatic rings. The maximum Gasteiger partial charge on any atom is 0.340 e. The number of morpholine rings is 1. The van der Waals surface area contributed by atoms with Crippen LogP contribution < -0.4 is 5.32 Å². The molecule has 156 valence electrons. The van der Waals surface area contributed by atoms with Crippen LogP contribution in [0.1, 0.15) is 34.6 Å². The number of hydrogen-bond acceptors (Lipinski definition) is 7. The van der Waals surface area contributed by atoms with Crippen LogP contribution >= 0.6 is 11.3 Å². The summed E-state index contributed by atoms with van der Waals surface area (Å²) in [5.41, 5.74) is 0.539. The number of carbonyl (C=O) groups is 2. The van der Waals surface area contributed by atoms with Gasteiger partial charge in [0.2, 0.25) is 10.0 Å². The monoisotopic (exact) mass is 438 g/mol. The van der Waals surface area contributed by atoms with Gasteiger partial charge in [0.25, 0.3) is 5.91 Å². The Morgan fingerprint density at radius 2 is 1.76 bits per heavy atom. The summed E-state index contributed by atoms with van der Waals surface area (Å²) in [6.07, 6.45) is -0.373. The maximum absolute atomic E-state index is 12.9. The number of ether oxygens (including phenoxy) is 2. The molecule has 1 saturated heterocycles. The highest BCUT2D eigenvalue weighted by Crippen LogP contribution is 2.25. The Morgan fingerprint density at radius 3 is 2.34 bits per heavy atom. The number of esters is 1. The van der Waals surface area contributed by atoms with Gasteiger partial charge in [-0.1, -0.05) is 0 Å². The Morgan fingerprint density at radius 1 is 1.14 bits per heavy atom. The SMILES string of the molecule is COC(=O)c1ccsc1NC(=O)c1ccc(S(=O)(=O)N2CC(C)OC(C)C2)cc1. The molecule has 2 unspecified atom stereocenters. The molecule has 10 heteroatoms. The highest BCUT2D eigenvalue weighted by Gasteiger charge is 2.32. The number of sulfonamides is 1. The number of hydrogen-bond donors (Lipinski definition) is 1. The largest absolute Gasteiger partial charge is 0.465 e. The van der Waals surface area contributed by atoms with Gasteiger partial charge < -0.3 is 14.8 Å². The summed E-state index contributed by atoms with van der Waals surface area (Å²) in [4.78, 5) is 24.3. The van der Waals surface area contributed by atoms with Crippen molar-refractivity contribution in [3.8, 4) is 0 Å². The number of thiophene rings is 1. The van der Waals surface area contributed by atoms with Crippen LogP contribution in [0, 0.1) is 0 Å². The van der Waals surface area contributed by atoms with E-state index in [1.807, 2.05) is 13.8 Å². The summed E-state index contributed by atoms with van der Waals surface area (Å²) >= 11 is 1.20. The topological polar surface area (TPSA) is 102 Å². The number of benzene rings is 1. The molecule has 29 heavy (non-hydrogen) atoms. The lowest BCUT2D eigenvalue weighted by Crippen LogP contribution is -2.48. The van der Waals surface area contributed by atoms with Crippen LogP contribution in [0.2, 0.25) is 0 Å². The van der Waals surface area contributed by atoms with Gasteiger partial charge in [-0.2, -0.15) is 4.31 Å². The summed E-state index contributed by atoms with van der Waals surface area (Å²) in [5.74, 6) is -0.993. The molecule has 1 aliphatic heterocycles. The second-order valence-electron chi connectivity index (χ2n) is 6.71. The molecular formula is C19H22N2O6S2. The Kier molecular flexibility index (Phi) is 6.37. The summed E-state index contributed by atoms with van der Waals surface area (Å²) in [6.45, 7) is 4.23. The zero-order valence-electron chi connectivity index (χ0n) is 16.2. The van der Waals surface area contributed by atoms with E-state index >= 15 is 0 Å². The predicted octanol–water partition coefficient (Wildman–Crippen LogP) is 2.58. The van der Waals surface area contributed by atoms with E-state index in [2.05, 4.69) is 10.1 Å². The fraction of sp³-hybridized carbons (Fsp3) is 0.368. The normalized spacial score (nSPS) is 20.2. The molecule has 1 aromatic heterocycles. The van der Waals surface area contributed by atoms with Gasteiger partial charge in [0.05, 0.1) is 29.8 Å². The third-order valence-corrected chi connectivity index (χ3v) is 7.11. The van der Waals surface area contributed by atoms with Gasteiger partial charge >= 0.3 is 5.97 Å². The van der Waals surface area contributed by atoms with Crippen LogP contribution in [0.15, 0.2) is 40.6 Å². The standard InChI is InChI=1S/C19H22N2O6S2/c1-12-10-21(11-13(2)27-12)29(24,25)15-6-4-14(5-7-15)17(22)20-18-16(8-9-28-18)19(23)26-3/h4-9,12-13H,10-11H2,1-3H3,(H,20,22). The van der Waals surface area contributed by atoms with Crippen molar-refractivity contribution < 1.29 is 27.5 Å². The fourth-order valence-corrected chi connectivity index (χ4v) is 5.47. The average Bonchev–Trinajstić information content (AvgIpc) is 3.14. The molecule has 1 fully saturated rings. The second-order valence-corrected chi connectivity index (χ2v) is 9.57. The van der Waals surface area contributed by atoms with Gasteiger partial charge in [0.1, 0.15) is 5.00 Å². The van der Waals surface area contributed by atoms with Crippen LogP contribution in [0.4, 0.5) is 5.00 Å². The quantitative estimate of drug-likeness (QED) is 0.720. The number of anilines is 1. The summed E-state index contributed by atoms with van der Waals surface area (Å²) < 4.78 is 37.5. The summed E-state index contributed by atoms with van der Waals surface area (Å²) in [7, 11) is -2.41. The maximum atomic E-state index is 12.9. The van der Waals surface area contributed by atoms with Crippen LogP contribution in [-0.2, 0) is 19.5 Å². The molecule has 1 N–H and O–H groups in total. The molecule has 0 spiro atoms. The van der Waals surface area contributed by atoms with E-state index in [1.165, 1.54) is 47.0 Å². The van der Waals surface area contributed by atoms with E-state index in [1.54, 1.807) is 11.4 Å². The zero-order chi connectivity index (χ0) is 21.2. The number of methoxy groups -OCH3 is 1. The van der Waals surface area contributed by atoms with Crippen molar-refractivity contribution in [2.24, 2.45) is 0 Å². The first-order valence-corrected chi connectivity index (χ1v) is 11.3. The number of carbonyl (C=O) groups excluding carboxylic acids is 2. The minimum absolute atomic E-state index is 0.113. The first-order chi connectivity index (χ1) is 13.7. The summed E-state index contributed by atoms with van der Waals surface area (Å²) in [6, 6.07) is 7.27. The van der Waals surface area contributed by atoms with E-state index in [0.717, 1.165) is 0 Å². The van der Waals surface area contributed by atoms with Crippen LogP contribution in [0.5, 0.6) is 0 Å². The molecular weight excluding hydrogens is 416 g/mol. The molecule has 2 heterocycles. The van der Waals surface area contributed by atoms with Gasteiger partial charge in [-0.05, 0) is 49.6 Å². The molecule has 0 saturated carbocycles. The molecule has 0 bridgehead atoms. The predicted molar refractivity (Wildman–Crippen MR) is 109 cm³/mol. The first kappa shape index (κ1) is 21.4. The highest BCUT2D eigenvalue weighted by molar-refractivity contribution is 7.89. The van der Waals surface area contributed by atoms with Crippen LogP contribution in [0.25, 0.3) is 0 Å². The lowest BCUT2D eigenvalue weighted by molar-refractivity contribution is -0.0440. The number of rotatable bonds is 5. The van der Waals surface area contributed by atoms with Gasteiger partial charge in [-0.3, -0.25) is 4.79 Å². The van der Waals surface area contributed by atoms with Gasteiger partial charge in [-0.15, -0.1) is 11.3 Å². The van der Waals surface area contributed by atoms with Crippen LogP contribution in [0.3, 0.4) is 0 Å². The molecule has 0 radical (unpaired) electrons. The first-order valence-electron chi connectivity index (χ1n) is 8.95. The third-order valence-electron chi connectivity index (χ3n) is 4.44. The van der Waals surface area contributed by atoms with Gasteiger partial charge in [0.15, 0.2) is 0 Å². The van der Waals surface area contributed by atoms with Crippen molar-refractivity contribution in [2.75, 3.05) is 25.5 Å². The van der Waals surface area contributed by atoms with E-state index in [0.29, 0.717) is 5.00 Å². The number of amides is 1. The Balaban J connectivity index is 1.75. The van der Waals surface area contributed by atoms with E-state index in [-0.39, 0.29) is 41.3 Å². The Labute approximate surface area is 173 Å². The van der Waals surface area contributed by atoms with Gasteiger partial charge in [0, 0.05) is 18.7 Å². The molecule has 2 atom stereocenters. The van der Waals surface area contributed by atoms with E-state index < -0.39 is 21.9 Å². The van der Waals surface area contributed by atoms with Gasteiger partial charge in [-0.25, -0.2) is 13.2 Å². The Hall–Kier alpha value is -2.27. The fourth-order valence-electron chi connectivity index (χ4n) is 3.11. The smallest absolute Gasteiger partial charge is 0.340 e. The molecule has 2 aromatic rings. The van der Waals surface area contributed by atoms with Crippen molar-refractivity contribution in [1.29, 1.82) is 0 Å². The molecule has 3 rings (SSSR count). The van der Waals surface area contributed by atoms with Crippen molar-refractivity contribution in [3.63, 3.8) is 0 Å². The van der Waals surface area contributed by atoms with E-state index in [4.69, 9.17) is 4.74 Å². The Bertz CT molecular complexity index is 990. The zero-order valence-corrected chi connectivity index (χ0v) is 17.9. The lowest BCUT2D eigenvalue weighted by atomic mass is 10.2. The molecule has 0 aliphatic carbocycles. The van der Waals surface area contributed by atoms with Crippen molar-refractivity contribution in [1.82, 2.24) is 4.31 Å². The van der Waals surface area contributed by atoms with Crippen LogP contribution in [-0.4, -0.2) is 57.0 Å². The highest BCUT2D eigenvalue weighted by atomic mass is 32.2. The molecule has 1 aromatic carbocycles. The number of nitrogens with one attached hydrogen (secondary N) is 1. The number of nitrogens with zero attached hydrogens (tertiary/aromatic N) is 1. The lowest BCUT2D eigenvalue weighted by Gasteiger charge is -2.34. The minimum atomic E-state index is -3.68. The third kappa shape index (κ3) is 4.67. The average molecular weight is 439 g/mol. The summed E-state index contributed by atoms with van der Waals surface area (Å²) in [5, 5.41) is 4.70.